The molecular weight excluding hydrogens is 224 g/mol. The van der Waals surface area contributed by atoms with Crippen LogP contribution in [0.25, 0.3) is 0 Å². The molecule has 18 heavy (non-hydrogen) atoms. The number of carbonyl (C=O) groups excluding carboxylic acids is 1. The molecule has 2 N–H and O–H groups in total. The van der Waals surface area contributed by atoms with Gasteiger partial charge in [0.1, 0.15) is 0 Å². The zero-order valence-electron chi connectivity index (χ0n) is 12.0. The molecule has 1 aliphatic carbocycles. The first-order valence-corrected chi connectivity index (χ1v) is 7.68. The Bertz CT molecular complexity index is 223. The van der Waals surface area contributed by atoms with Crippen molar-refractivity contribution >= 4 is 5.91 Å². The van der Waals surface area contributed by atoms with Crippen molar-refractivity contribution in [1.82, 2.24) is 4.90 Å². The third-order valence-electron chi connectivity index (χ3n) is 4.06. The molecule has 3 heteroatoms. The highest BCUT2D eigenvalue weighted by molar-refractivity contribution is 5.76. The molecule has 1 amide bonds. The van der Waals surface area contributed by atoms with Crippen LogP contribution in [-0.2, 0) is 4.79 Å². The van der Waals surface area contributed by atoms with Gasteiger partial charge in [-0.3, -0.25) is 4.79 Å². The maximum atomic E-state index is 12.1. The van der Waals surface area contributed by atoms with Gasteiger partial charge < -0.3 is 10.6 Å². The summed E-state index contributed by atoms with van der Waals surface area (Å²) in [5.74, 6) is 0.987. The van der Waals surface area contributed by atoms with Crippen molar-refractivity contribution < 1.29 is 4.79 Å². The van der Waals surface area contributed by atoms with Gasteiger partial charge in [0, 0.05) is 20.0 Å². The molecule has 3 nitrogen and oxygen atoms in total. The number of nitrogens with two attached hydrogens (primary N) is 1. The molecule has 0 spiro atoms. The summed E-state index contributed by atoms with van der Waals surface area (Å²) in [5, 5.41) is 0. The first kappa shape index (κ1) is 15.5. The van der Waals surface area contributed by atoms with Gasteiger partial charge >= 0.3 is 0 Å². The summed E-state index contributed by atoms with van der Waals surface area (Å²) >= 11 is 0. The molecule has 0 aromatic rings. The molecule has 1 aliphatic rings. The number of hydrogen-bond acceptors (Lipinski definition) is 2. The first-order valence-electron chi connectivity index (χ1n) is 7.68. The maximum Gasteiger partial charge on any atom is 0.222 e. The fraction of sp³-hybridized carbons (Fsp3) is 0.933. The van der Waals surface area contributed by atoms with Crippen LogP contribution in [0.4, 0.5) is 0 Å². The summed E-state index contributed by atoms with van der Waals surface area (Å²) in [6.07, 6.45) is 11.9. The van der Waals surface area contributed by atoms with Gasteiger partial charge in [0.25, 0.3) is 0 Å². The summed E-state index contributed by atoms with van der Waals surface area (Å²) in [4.78, 5) is 14.0. The van der Waals surface area contributed by atoms with Crippen molar-refractivity contribution in [3.8, 4) is 0 Å². The Hall–Kier alpha value is -0.570. The van der Waals surface area contributed by atoms with Crippen LogP contribution >= 0.6 is 0 Å². The highest BCUT2D eigenvalue weighted by Gasteiger charge is 2.18. The van der Waals surface area contributed by atoms with Crippen LogP contribution in [0.1, 0.15) is 64.2 Å². The second-order valence-electron chi connectivity index (χ2n) is 5.73. The summed E-state index contributed by atoms with van der Waals surface area (Å²) in [5.41, 5.74) is 5.46. The third-order valence-corrected chi connectivity index (χ3v) is 4.06. The molecule has 0 unspecified atom stereocenters. The molecular formula is C15H30N2O. The second-order valence-corrected chi connectivity index (χ2v) is 5.73. The molecule has 1 rings (SSSR count). The number of nitrogens with zero attached hydrogens (tertiary/aromatic N) is 1. The van der Waals surface area contributed by atoms with Crippen LogP contribution in [0.5, 0.6) is 0 Å². The molecule has 0 aliphatic heterocycles. The van der Waals surface area contributed by atoms with Crippen molar-refractivity contribution in [3.05, 3.63) is 0 Å². The highest BCUT2D eigenvalue weighted by atomic mass is 16.2. The van der Waals surface area contributed by atoms with E-state index in [4.69, 9.17) is 5.73 Å². The predicted octanol–water partition coefficient (Wildman–Crippen LogP) is 2.93. The SMILES string of the molecule is CN(CCCCCN)C(=O)CC1CCCCCC1. The van der Waals surface area contributed by atoms with E-state index >= 15 is 0 Å². The van der Waals surface area contributed by atoms with Gasteiger partial charge in [-0.1, -0.05) is 32.1 Å². The molecule has 0 radical (unpaired) electrons. The average Bonchev–Trinajstić information content (AvgIpc) is 2.63. The lowest BCUT2D eigenvalue weighted by atomic mass is 9.96. The molecule has 0 atom stereocenters. The highest BCUT2D eigenvalue weighted by Crippen LogP contribution is 2.25. The molecule has 1 saturated carbocycles. The van der Waals surface area contributed by atoms with Crippen LogP contribution in [0, 0.1) is 5.92 Å². The number of rotatable bonds is 7. The summed E-state index contributed by atoms with van der Waals surface area (Å²) in [7, 11) is 1.95. The summed E-state index contributed by atoms with van der Waals surface area (Å²) < 4.78 is 0. The van der Waals surface area contributed by atoms with Gasteiger partial charge in [0.2, 0.25) is 5.91 Å². The molecule has 106 valence electrons. The monoisotopic (exact) mass is 254 g/mol. The third kappa shape index (κ3) is 6.39. The Kier molecular flexibility index (Phi) is 8.06. The maximum absolute atomic E-state index is 12.1. The van der Waals surface area contributed by atoms with E-state index in [1.807, 2.05) is 11.9 Å². The van der Waals surface area contributed by atoms with E-state index in [0.29, 0.717) is 11.8 Å². The predicted molar refractivity (Wildman–Crippen MR) is 76.4 cm³/mol. The second kappa shape index (κ2) is 9.37. The smallest absolute Gasteiger partial charge is 0.222 e. The molecule has 1 fully saturated rings. The molecule has 0 saturated heterocycles. The molecule has 0 aromatic carbocycles. The number of hydrogen-bond donors (Lipinski definition) is 1. The van der Waals surface area contributed by atoms with Crippen LogP contribution in [-0.4, -0.2) is 30.9 Å². The number of unbranched alkanes of at least 4 members (excludes halogenated alkanes) is 2. The van der Waals surface area contributed by atoms with Crippen LogP contribution in [0.3, 0.4) is 0 Å². The minimum absolute atomic E-state index is 0.342. The average molecular weight is 254 g/mol. The number of amides is 1. The first-order chi connectivity index (χ1) is 8.74. The Balaban J connectivity index is 2.17. The molecule has 0 aromatic heterocycles. The van der Waals surface area contributed by atoms with Crippen molar-refractivity contribution in [3.63, 3.8) is 0 Å². The van der Waals surface area contributed by atoms with E-state index in [1.54, 1.807) is 0 Å². The van der Waals surface area contributed by atoms with E-state index in [9.17, 15) is 4.79 Å². The minimum Gasteiger partial charge on any atom is -0.346 e. The fourth-order valence-corrected chi connectivity index (χ4v) is 2.77. The molecule has 0 heterocycles. The number of carbonyl (C=O) groups is 1. The fourth-order valence-electron chi connectivity index (χ4n) is 2.77. The quantitative estimate of drug-likeness (QED) is 0.561. The molecule has 0 bridgehead atoms. The van der Waals surface area contributed by atoms with Crippen LogP contribution in [0.15, 0.2) is 0 Å². The normalized spacial score (nSPS) is 17.4. The van der Waals surface area contributed by atoms with Crippen LogP contribution < -0.4 is 5.73 Å². The largest absolute Gasteiger partial charge is 0.346 e. The van der Waals surface area contributed by atoms with Gasteiger partial charge in [0.15, 0.2) is 0 Å². The topological polar surface area (TPSA) is 46.3 Å². The van der Waals surface area contributed by atoms with Crippen LogP contribution in [0.2, 0.25) is 0 Å². The van der Waals surface area contributed by atoms with E-state index in [1.165, 1.54) is 38.5 Å². The van der Waals surface area contributed by atoms with Crippen molar-refractivity contribution in [2.24, 2.45) is 11.7 Å². The van der Waals surface area contributed by atoms with E-state index < -0.39 is 0 Å². The Morgan fingerprint density at radius 3 is 2.39 bits per heavy atom. The standard InChI is InChI=1S/C15H30N2O/c1-17(12-8-4-7-11-16)15(18)13-14-9-5-2-3-6-10-14/h14H,2-13,16H2,1H3. The summed E-state index contributed by atoms with van der Waals surface area (Å²) in [6.45, 7) is 1.66. The van der Waals surface area contributed by atoms with Gasteiger partial charge in [-0.15, -0.1) is 0 Å². The minimum atomic E-state index is 0.342. The van der Waals surface area contributed by atoms with Gasteiger partial charge in [-0.2, -0.15) is 0 Å². The van der Waals surface area contributed by atoms with Gasteiger partial charge in [-0.05, 0) is 38.1 Å². The Morgan fingerprint density at radius 1 is 1.11 bits per heavy atom. The van der Waals surface area contributed by atoms with Crippen molar-refractivity contribution in [2.45, 2.75) is 64.2 Å². The summed E-state index contributed by atoms with van der Waals surface area (Å²) in [6, 6.07) is 0. The van der Waals surface area contributed by atoms with Crippen molar-refractivity contribution in [1.29, 1.82) is 0 Å². The van der Waals surface area contributed by atoms with E-state index in [2.05, 4.69) is 0 Å². The zero-order chi connectivity index (χ0) is 13.2. The van der Waals surface area contributed by atoms with Gasteiger partial charge in [0.05, 0.1) is 0 Å². The zero-order valence-corrected chi connectivity index (χ0v) is 12.0. The van der Waals surface area contributed by atoms with E-state index in [0.717, 1.165) is 38.8 Å². The lowest BCUT2D eigenvalue weighted by molar-refractivity contribution is -0.131. The van der Waals surface area contributed by atoms with Crippen molar-refractivity contribution in [2.75, 3.05) is 20.1 Å². The lowest BCUT2D eigenvalue weighted by Crippen LogP contribution is -2.29. The van der Waals surface area contributed by atoms with Gasteiger partial charge in [-0.25, -0.2) is 0 Å². The van der Waals surface area contributed by atoms with E-state index in [-0.39, 0.29) is 0 Å². The lowest BCUT2D eigenvalue weighted by Gasteiger charge is -2.20. The Morgan fingerprint density at radius 2 is 1.78 bits per heavy atom. The Labute approximate surface area is 112 Å².